The van der Waals surface area contributed by atoms with Crippen molar-refractivity contribution < 1.29 is 9.13 Å². The molecule has 1 atom stereocenters. The van der Waals surface area contributed by atoms with Crippen LogP contribution in [0.5, 0.6) is 5.75 Å². The van der Waals surface area contributed by atoms with Gasteiger partial charge in [0.25, 0.3) is 0 Å². The van der Waals surface area contributed by atoms with Crippen molar-refractivity contribution >= 4 is 22.9 Å². The first kappa shape index (κ1) is 16.3. The molecule has 0 spiro atoms. The molecule has 2 aromatic rings. The molecule has 0 amide bonds. The highest BCUT2D eigenvalue weighted by molar-refractivity contribution is 7.10. The van der Waals surface area contributed by atoms with Crippen molar-refractivity contribution in [3.8, 4) is 5.75 Å². The molecule has 0 fully saturated rings. The van der Waals surface area contributed by atoms with E-state index >= 15 is 0 Å². The zero-order chi connectivity index (χ0) is 15.2. The molecule has 2 nitrogen and oxygen atoms in total. The second kappa shape index (κ2) is 7.78. The number of thiophene rings is 1. The van der Waals surface area contributed by atoms with Crippen LogP contribution in [0.4, 0.5) is 4.39 Å². The molecule has 1 unspecified atom stereocenters. The molecule has 5 heteroatoms. The number of hydrogen-bond acceptors (Lipinski definition) is 3. The summed E-state index contributed by atoms with van der Waals surface area (Å²) in [6, 6.07) is 6.81. The number of methoxy groups -OCH3 is 1. The first-order valence-electron chi connectivity index (χ1n) is 6.94. The fraction of sp³-hybridized carbons (Fsp3) is 0.375. The number of ether oxygens (including phenoxy) is 1. The molecule has 0 saturated carbocycles. The van der Waals surface area contributed by atoms with Gasteiger partial charge in [-0.25, -0.2) is 4.39 Å². The Morgan fingerprint density at radius 1 is 1.38 bits per heavy atom. The monoisotopic (exact) mass is 327 g/mol. The van der Waals surface area contributed by atoms with Gasteiger partial charge in [0.05, 0.1) is 12.0 Å². The van der Waals surface area contributed by atoms with E-state index in [1.165, 1.54) is 6.07 Å². The highest BCUT2D eigenvalue weighted by atomic mass is 35.5. The van der Waals surface area contributed by atoms with E-state index in [9.17, 15) is 4.39 Å². The Hall–Kier alpha value is -1.10. The van der Waals surface area contributed by atoms with Gasteiger partial charge < -0.3 is 10.1 Å². The maximum atomic E-state index is 14.0. The summed E-state index contributed by atoms with van der Waals surface area (Å²) in [6.07, 6.45) is 1.59. The highest BCUT2D eigenvalue weighted by Gasteiger charge is 2.19. The van der Waals surface area contributed by atoms with Gasteiger partial charge in [-0.2, -0.15) is 0 Å². The Bertz CT molecular complexity index is 587. The van der Waals surface area contributed by atoms with Crippen LogP contribution in [0.25, 0.3) is 0 Å². The van der Waals surface area contributed by atoms with Gasteiger partial charge in [0.15, 0.2) is 0 Å². The summed E-state index contributed by atoms with van der Waals surface area (Å²) in [5.41, 5.74) is 0.656. The predicted molar refractivity (Wildman–Crippen MR) is 87.0 cm³/mol. The second-order valence-corrected chi connectivity index (χ2v) is 6.18. The third-order valence-corrected chi connectivity index (χ3v) is 4.52. The van der Waals surface area contributed by atoms with Crippen molar-refractivity contribution in [2.75, 3.05) is 13.7 Å². The number of nitrogens with one attached hydrogen (secondary N) is 1. The topological polar surface area (TPSA) is 21.3 Å². The molecule has 0 bridgehead atoms. The molecule has 0 aliphatic carbocycles. The van der Waals surface area contributed by atoms with Crippen molar-refractivity contribution in [3.63, 3.8) is 0 Å². The van der Waals surface area contributed by atoms with E-state index in [4.69, 9.17) is 16.3 Å². The van der Waals surface area contributed by atoms with Crippen LogP contribution in [-0.2, 0) is 6.42 Å². The zero-order valence-electron chi connectivity index (χ0n) is 12.2. The lowest BCUT2D eigenvalue weighted by Gasteiger charge is -2.19. The van der Waals surface area contributed by atoms with Crippen molar-refractivity contribution in [1.82, 2.24) is 5.32 Å². The largest absolute Gasteiger partial charge is 0.496 e. The Morgan fingerprint density at radius 3 is 2.86 bits per heavy atom. The predicted octanol–water partition coefficient (Wildman–Crippen LogP) is 4.83. The molecule has 1 heterocycles. The number of hydrogen-bond donors (Lipinski definition) is 1. The van der Waals surface area contributed by atoms with Gasteiger partial charge in [-0.15, -0.1) is 11.3 Å². The van der Waals surface area contributed by atoms with E-state index < -0.39 is 0 Å². The van der Waals surface area contributed by atoms with Crippen LogP contribution < -0.4 is 10.1 Å². The maximum absolute atomic E-state index is 14.0. The standard InChI is InChI=1S/C16H19ClFNOS/c1-3-7-19-14(16-15(20-2)6-8-21-16)9-11-4-5-12(17)10-13(11)18/h4-6,8,10,14,19H,3,7,9H2,1-2H3. The molecular formula is C16H19ClFNOS. The Balaban J connectivity index is 2.24. The average molecular weight is 328 g/mol. The fourth-order valence-corrected chi connectivity index (χ4v) is 3.31. The lowest BCUT2D eigenvalue weighted by atomic mass is 10.0. The van der Waals surface area contributed by atoms with Gasteiger partial charge in [-0.05, 0) is 48.5 Å². The number of halogens is 2. The Morgan fingerprint density at radius 2 is 2.19 bits per heavy atom. The van der Waals surface area contributed by atoms with Crippen molar-refractivity contribution in [2.24, 2.45) is 0 Å². The molecular weight excluding hydrogens is 309 g/mol. The van der Waals surface area contributed by atoms with Crippen molar-refractivity contribution in [3.05, 3.63) is 50.9 Å². The lowest BCUT2D eigenvalue weighted by Crippen LogP contribution is -2.24. The molecule has 2 rings (SSSR count). The van der Waals surface area contributed by atoms with Gasteiger partial charge in [0, 0.05) is 11.1 Å². The highest BCUT2D eigenvalue weighted by Crippen LogP contribution is 2.33. The SMILES string of the molecule is CCCNC(Cc1ccc(Cl)cc1F)c1sccc1OC. The first-order chi connectivity index (χ1) is 10.2. The molecule has 0 aliphatic rings. The minimum Gasteiger partial charge on any atom is -0.496 e. The molecule has 21 heavy (non-hydrogen) atoms. The van der Waals surface area contributed by atoms with E-state index in [1.807, 2.05) is 11.4 Å². The van der Waals surface area contributed by atoms with Gasteiger partial charge in [-0.3, -0.25) is 0 Å². The van der Waals surface area contributed by atoms with E-state index in [0.29, 0.717) is 17.0 Å². The van der Waals surface area contributed by atoms with Crippen LogP contribution in [0.3, 0.4) is 0 Å². The van der Waals surface area contributed by atoms with Crippen LogP contribution in [0.15, 0.2) is 29.6 Å². The van der Waals surface area contributed by atoms with Gasteiger partial charge in [0.1, 0.15) is 11.6 Å². The van der Waals surface area contributed by atoms with Crippen LogP contribution >= 0.6 is 22.9 Å². The zero-order valence-corrected chi connectivity index (χ0v) is 13.7. The normalized spacial score (nSPS) is 12.4. The molecule has 1 aromatic carbocycles. The summed E-state index contributed by atoms with van der Waals surface area (Å²) in [5, 5.41) is 5.88. The fourth-order valence-electron chi connectivity index (χ4n) is 2.22. The first-order valence-corrected chi connectivity index (χ1v) is 8.20. The molecule has 0 aliphatic heterocycles. The van der Waals surface area contributed by atoms with Crippen LogP contribution in [0.2, 0.25) is 5.02 Å². The maximum Gasteiger partial charge on any atom is 0.134 e. The quantitative estimate of drug-likeness (QED) is 0.786. The smallest absolute Gasteiger partial charge is 0.134 e. The van der Waals surface area contributed by atoms with E-state index in [2.05, 4.69) is 12.2 Å². The van der Waals surface area contributed by atoms with Crippen LogP contribution in [0, 0.1) is 5.82 Å². The van der Waals surface area contributed by atoms with Gasteiger partial charge in [0.2, 0.25) is 0 Å². The minimum absolute atomic E-state index is 0.0376. The van der Waals surface area contributed by atoms with E-state index in [1.54, 1.807) is 30.6 Å². The summed E-state index contributed by atoms with van der Waals surface area (Å²) in [7, 11) is 1.66. The average Bonchev–Trinajstić information content (AvgIpc) is 2.94. The summed E-state index contributed by atoms with van der Waals surface area (Å²) >= 11 is 7.44. The van der Waals surface area contributed by atoms with Crippen LogP contribution in [-0.4, -0.2) is 13.7 Å². The Labute approximate surface area is 133 Å². The second-order valence-electron chi connectivity index (χ2n) is 4.80. The third kappa shape index (κ3) is 4.19. The molecule has 0 saturated heterocycles. The number of benzene rings is 1. The number of rotatable bonds is 7. The molecule has 1 aromatic heterocycles. The third-order valence-electron chi connectivity index (χ3n) is 3.27. The summed E-state index contributed by atoms with van der Waals surface area (Å²) < 4.78 is 19.4. The van der Waals surface area contributed by atoms with Crippen molar-refractivity contribution in [2.45, 2.75) is 25.8 Å². The molecule has 0 radical (unpaired) electrons. The molecule has 114 valence electrons. The van der Waals surface area contributed by atoms with Gasteiger partial charge >= 0.3 is 0 Å². The Kier molecular flexibility index (Phi) is 6.03. The van der Waals surface area contributed by atoms with Gasteiger partial charge in [-0.1, -0.05) is 24.6 Å². The van der Waals surface area contributed by atoms with Crippen LogP contribution in [0.1, 0.15) is 29.8 Å². The van der Waals surface area contributed by atoms with Crippen molar-refractivity contribution in [1.29, 1.82) is 0 Å². The molecule has 1 N–H and O–H groups in total. The summed E-state index contributed by atoms with van der Waals surface area (Å²) in [4.78, 5) is 1.10. The van der Waals surface area contributed by atoms with E-state index in [-0.39, 0.29) is 11.9 Å². The lowest BCUT2D eigenvalue weighted by molar-refractivity contribution is 0.402. The minimum atomic E-state index is -0.263. The summed E-state index contributed by atoms with van der Waals surface area (Å²) in [6.45, 7) is 2.99. The van der Waals surface area contributed by atoms with E-state index in [0.717, 1.165) is 23.6 Å². The summed E-state index contributed by atoms with van der Waals surface area (Å²) in [5.74, 6) is 0.587.